The molecule has 2 amide bonds. The molecule has 0 atom stereocenters. The topological polar surface area (TPSA) is 111 Å². The molecule has 0 radical (unpaired) electrons. The van der Waals surface area contributed by atoms with Gasteiger partial charge in [-0.3, -0.25) is 9.59 Å². The molecule has 0 fully saturated rings. The Morgan fingerprint density at radius 2 is 1.03 bits per heavy atom. The molecular weight excluding hydrogens is 524 g/mol. The smallest absolute Gasteiger partial charge is 0.341 e. The summed E-state index contributed by atoms with van der Waals surface area (Å²) in [5.74, 6) is -1.53. The van der Waals surface area contributed by atoms with E-state index in [0.29, 0.717) is 21.1 Å². The second-order valence-corrected chi connectivity index (χ2v) is 12.5. The van der Waals surface area contributed by atoms with Crippen LogP contribution in [-0.2, 0) is 44.7 Å². The lowest BCUT2D eigenvalue weighted by Crippen LogP contribution is -2.20. The van der Waals surface area contributed by atoms with Crippen molar-refractivity contribution in [3.05, 3.63) is 32.0 Å². The molecule has 0 saturated carbocycles. The van der Waals surface area contributed by atoms with Crippen LogP contribution in [0.3, 0.4) is 0 Å². The first-order chi connectivity index (χ1) is 18.1. The number of carbonyl (C=O) groups is 4. The van der Waals surface area contributed by atoms with Crippen molar-refractivity contribution < 1.29 is 28.7 Å². The molecule has 0 spiro atoms. The Kier molecular flexibility index (Phi) is 9.25. The number of esters is 2. The van der Waals surface area contributed by atoms with Crippen molar-refractivity contribution in [2.24, 2.45) is 0 Å². The molecule has 2 aromatic rings. The fourth-order valence-electron chi connectivity index (χ4n) is 4.89. The maximum absolute atomic E-state index is 12.8. The summed E-state index contributed by atoms with van der Waals surface area (Å²) < 4.78 is 10.9. The minimum absolute atomic E-state index is 0.0517. The van der Waals surface area contributed by atoms with Crippen LogP contribution in [0.5, 0.6) is 0 Å². The fourth-order valence-corrected chi connectivity index (χ4v) is 7.48. The molecule has 38 heavy (non-hydrogen) atoms. The molecule has 0 unspecified atom stereocenters. The van der Waals surface area contributed by atoms with E-state index in [1.54, 1.807) is 27.7 Å². The Hall–Kier alpha value is -2.72. The molecule has 0 saturated heterocycles. The van der Waals surface area contributed by atoms with Gasteiger partial charge in [-0.2, -0.15) is 0 Å². The van der Waals surface area contributed by atoms with Crippen LogP contribution in [0, 0.1) is 0 Å². The SMILES string of the molecule is CC(C)OC(=O)c1c(NC(=O)CCC(=O)Nc2sc3c(c2C(=O)OC(C)C)CCCC3)sc2c1CCCC2. The van der Waals surface area contributed by atoms with Gasteiger partial charge in [0.05, 0.1) is 23.3 Å². The number of thiophene rings is 2. The average Bonchev–Trinajstić information content (AvgIpc) is 3.39. The number of hydrogen-bond donors (Lipinski definition) is 2. The van der Waals surface area contributed by atoms with Crippen molar-refractivity contribution in [3.8, 4) is 0 Å². The molecule has 0 aromatic carbocycles. The Morgan fingerprint density at radius 3 is 1.39 bits per heavy atom. The summed E-state index contributed by atoms with van der Waals surface area (Å²) in [6.07, 6.45) is 6.82. The molecule has 0 aliphatic heterocycles. The highest BCUT2D eigenvalue weighted by Gasteiger charge is 2.29. The first-order valence-electron chi connectivity index (χ1n) is 13.4. The van der Waals surface area contributed by atoms with Gasteiger partial charge in [-0.15, -0.1) is 22.7 Å². The molecule has 0 bridgehead atoms. The molecule has 8 nitrogen and oxygen atoms in total. The second kappa shape index (κ2) is 12.4. The number of carbonyl (C=O) groups excluding carboxylic acids is 4. The third kappa shape index (κ3) is 6.64. The number of hydrogen-bond acceptors (Lipinski definition) is 8. The van der Waals surface area contributed by atoms with Gasteiger partial charge in [0.15, 0.2) is 0 Å². The lowest BCUT2D eigenvalue weighted by Gasteiger charge is -2.14. The lowest BCUT2D eigenvalue weighted by molar-refractivity contribution is -0.121. The van der Waals surface area contributed by atoms with Gasteiger partial charge in [0.1, 0.15) is 10.0 Å². The number of fused-ring (bicyclic) bond motifs is 2. The summed E-state index contributed by atoms with van der Waals surface area (Å²) in [5, 5.41) is 6.71. The van der Waals surface area contributed by atoms with Crippen molar-refractivity contribution in [3.63, 3.8) is 0 Å². The van der Waals surface area contributed by atoms with E-state index in [-0.39, 0.29) is 36.9 Å². The number of rotatable bonds is 9. The third-order valence-corrected chi connectivity index (χ3v) is 8.94. The normalized spacial score (nSPS) is 14.6. The van der Waals surface area contributed by atoms with Crippen LogP contribution in [0.1, 0.15) is 108 Å². The number of amides is 2. The van der Waals surface area contributed by atoms with Crippen LogP contribution in [0.25, 0.3) is 0 Å². The average molecular weight is 561 g/mol. The fraction of sp³-hybridized carbons (Fsp3) is 0.571. The maximum Gasteiger partial charge on any atom is 0.341 e. The molecular formula is C28H36N2O6S2. The van der Waals surface area contributed by atoms with Crippen LogP contribution in [0.15, 0.2) is 0 Å². The first-order valence-corrected chi connectivity index (χ1v) is 15.1. The van der Waals surface area contributed by atoms with Crippen molar-refractivity contribution in [2.45, 2.75) is 104 Å². The van der Waals surface area contributed by atoms with E-state index in [2.05, 4.69) is 10.6 Å². The highest BCUT2D eigenvalue weighted by atomic mass is 32.1. The van der Waals surface area contributed by atoms with Crippen molar-refractivity contribution >= 4 is 56.4 Å². The Balaban J connectivity index is 1.42. The van der Waals surface area contributed by atoms with E-state index in [1.807, 2.05) is 0 Å². The van der Waals surface area contributed by atoms with Gasteiger partial charge < -0.3 is 20.1 Å². The molecule has 2 aliphatic carbocycles. The van der Waals surface area contributed by atoms with Crippen molar-refractivity contribution in [1.82, 2.24) is 0 Å². The van der Waals surface area contributed by atoms with E-state index < -0.39 is 11.9 Å². The summed E-state index contributed by atoms with van der Waals surface area (Å²) in [6.45, 7) is 7.19. The number of aryl methyl sites for hydroxylation is 2. The van der Waals surface area contributed by atoms with Gasteiger partial charge in [0, 0.05) is 22.6 Å². The zero-order valence-corrected chi connectivity index (χ0v) is 24.1. The van der Waals surface area contributed by atoms with Gasteiger partial charge in [0.2, 0.25) is 11.8 Å². The van der Waals surface area contributed by atoms with Crippen LogP contribution in [0.2, 0.25) is 0 Å². The number of nitrogens with one attached hydrogen (secondary N) is 2. The van der Waals surface area contributed by atoms with Crippen molar-refractivity contribution in [2.75, 3.05) is 10.6 Å². The standard InChI is InChI=1S/C28H36N2O6S2/c1-15(2)35-27(33)23-17-9-5-7-11-19(17)37-25(23)29-21(31)13-14-22(32)30-26-24(28(34)36-16(3)4)18-10-6-8-12-20(18)38-26/h15-16H,5-14H2,1-4H3,(H,29,31)(H,30,32). The molecule has 2 N–H and O–H groups in total. The highest BCUT2D eigenvalue weighted by molar-refractivity contribution is 7.17. The van der Waals surface area contributed by atoms with Gasteiger partial charge in [-0.05, 0) is 90.2 Å². The zero-order chi connectivity index (χ0) is 27.4. The van der Waals surface area contributed by atoms with E-state index in [0.717, 1.165) is 72.2 Å². The Morgan fingerprint density at radius 1 is 0.658 bits per heavy atom. The minimum Gasteiger partial charge on any atom is -0.459 e. The Labute approximate surface area is 231 Å². The molecule has 2 heterocycles. The van der Waals surface area contributed by atoms with E-state index in [9.17, 15) is 19.2 Å². The predicted octanol–water partition coefficient (Wildman–Crippen LogP) is 6.06. The van der Waals surface area contributed by atoms with Gasteiger partial charge >= 0.3 is 11.9 Å². The Bertz CT molecular complexity index is 1130. The van der Waals surface area contributed by atoms with E-state index >= 15 is 0 Å². The molecule has 10 heteroatoms. The molecule has 2 aliphatic rings. The molecule has 4 rings (SSSR count). The van der Waals surface area contributed by atoms with Crippen LogP contribution in [-0.4, -0.2) is 36.0 Å². The summed E-state index contributed by atoms with van der Waals surface area (Å²) in [4.78, 5) is 53.5. The van der Waals surface area contributed by atoms with Gasteiger partial charge in [-0.1, -0.05) is 0 Å². The van der Waals surface area contributed by atoms with Crippen LogP contribution in [0.4, 0.5) is 10.0 Å². The first kappa shape index (κ1) is 28.3. The number of ether oxygens (including phenoxy) is 2. The highest BCUT2D eigenvalue weighted by Crippen LogP contribution is 2.40. The summed E-state index contributed by atoms with van der Waals surface area (Å²) in [7, 11) is 0. The minimum atomic E-state index is -0.421. The summed E-state index contributed by atoms with van der Waals surface area (Å²) in [6, 6.07) is 0. The van der Waals surface area contributed by atoms with Gasteiger partial charge in [0.25, 0.3) is 0 Å². The quantitative estimate of drug-likeness (QED) is 0.361. The zero-order valence-electron chi connectivity index (χ0n) is 22.5. The molecule has 2 aromatic heterocycles. The monoisotopic (exact) mass is 560 g/mol. The van der Waals surface area contributed by atoms with E-state index in [4.69, 9.17) is 9.47 Å². The largest absolute Gasteiger partial charge is 0.459 e. The lowest BCUT2D eigenvalue weighted by atomic mass is 9.95. The molecule has 206 valence electrons. The van der Waals surface area contributed by atoms with Gasteiger partial charge in [-0.25, -0.2) is 9.59 Å². The van der Waals surface area contributed by atoms with Crippen LogP contribution < -0.4 is 10.6 Å². The van der Waals surface area contributed by atoms with Crippen molar-refractivity contribution in [1.29, 1.82) is 0 Å². The number of anilines is 2. The summed E-state index contributed by atoms with van der Waals surface area (Å²) >= 11 is 2.85. The predicted molar refractivity (Wildman–Crippen MR) is 150 cm³/mol. The van der Waals surface area contributed by atoms with Crippen LogP contribution >= 0.6 is 22.7 Å². The third-order valence-electron chi connectivity index (χ3n) is 6.52. The summed E-state index contributed by atoms with van der Waals surface area (Å²) in [5.41, 5.74) is 2.85. The second-order valence-electron chi connectivity index (χ2n) is 10.3. The maximum atomic E-state index is 12.8. The van der Waals surface area contributed by atoms with E-state index in [1.165, 1.54) is 22.7 Å².